The van der Waals surface area contributed by atoms with Gasteiger partial charge in [0, 0.05) is 0 Å². The first-order valence-electron chi connectivity index (χ1n) is 4.67. The third-order valence-electron chi connectivity index (χ3n) is 1.90. The van der Waals surface area contributed by atoms with E-state index in [1.165, 1.54) is 0 Å². The monoisotopic (exact) mass is 261 g/mol. The summed E-state index contributed by atoms with van der Waals surface area (Å²) in [4.78, 5) is 14.7. The van der Waals surface area contributed by atoms with Gasteiger partial charge in [-0.3, -0.25) is 4.79 Å². The van der Waals surface area contributed by atoms with E-state index in [1.54, 1.807) is 6.92 Å². The maximum atomic E-state index is 12.1. The molecule has 2 rings (SSSR count). The minimum absolute atomic E-state index is 0.0566. The van der Waals surface area contributed by atoms with Crippen LogP contribution in [0.15, 0.2) is 10.7 Å². The zero-order valence-electron chi connectivity index (χ0n) is 8.97. The first-order chi connectivity index (χ1) is 8.36. The van der Waals surface area contributed by atoms with Crippen molar-refractivity contribution in [2.24, 2.45) is 0 Å². The lowest BCUT2D eigenvalue weighted by atomic mass is 10.3. The van der Waals surface area contributed by atoms with Gasteiger partial charge in [-0.1, -0.05) is 10.4 Å². The van der Waals surface area contributed by atoms with E-state index in [0.717, 1.165) is 10.9 Å². The van der Waals surface area contributed by atoms with Crippen molar-refractivity contribution >= 4 is 5.78 Å². The molecular weight excluding hydrogens is 255 g/mol. The topological polar surface area (TPSA) is 86.7 Å². The Hall–Kier alpha value is -2.26. The van der Waals surface area contributed by atoms with Gasteiger partial charge in [0.15, 0.2) is 11.5 Å². The van der Waals surface area contributed by atoms with Crippen molar-refractivity contribution < 1.29 is 22.5 Å². The molecule has 2 heterocycles. The number of aryl methyl sites for hydroxylation is 1. The highest BCUT2D eigenvalue weighted by Crippen LogP contribution is 2.19. The van der Waals surface area contributed by atoms with Crippen LogP contribution in [0.4, 0.5) is 13.2 Å². The molecule has 0 aliphatic carbocycles. The number of Topliss-reactive ketones (excluding diaryl/α,β-unsaturated/α-hetero) is 1. The number of nitrogens with zero attached hydrogens (tertiary/aromatic N) is 5. The molecule has 0 aromatic carbocycles. The van der Waals surface area contributed by atoms with Crippen molar-refractivity contribution in [3.05, 3.63) is 23.6 Å². The highest BCUT2D eigenvalue weighted by molar-refractivity contribution is 5.98. The molecule has 0 saturated carbocycles. The maximum Gasteiger partial charge on any atom is 0.456 e. The number of halogens is 3. The number of carbonyl (C=O) groups excluding carboxylic acids is 1. The molecule has 2 aromatic heterocycles. The van der Waals surface area contributed by atoms with Gasteiger partial charge in [-0.15, -0.1) is 5.10 Å². The molecule has 0 fully saturated rings. The Morgan fingerprint density at radius 1 is 1.50 bits per heavy atom. The van der Waals surface area contributed by atoms with Crippen LogP contribution in [0.2, 0.25) is 0 Å². The minimum Gasteiger partial charge on any atom is -0.337 e. The molecule has 18 heavy (non-hydrogen) atoms. The van der Waals surface area contributed by atoms with Gasteiger partial charge in [0.25, 0.3) is 5.78 Å². The smallest absolute Gasteiger partial charge is 0.337 e. The summed E-state index contributed by atoms with van der Waals surface area (Å²) in [6.45, 7) is 1.53. The maximum absolute atomic E-state index is 12.1. The van der Waals surface area contributed by atoms with Crippen LogP contribution < -0.4 is 0 Å². The molecule has 96 valence electrons. The molecular formula is C8H6F3N5O2. The minimum atomic E-state index is -4.97. The summed E-state index contributed by atoms with van der Waals surface area (Å²) >= 11 is 0. The number of carbonyl (C=O) groups is 1. The molecule has 0 aliphatic heterocycles. The Morgan fingerprint density at radius 3 is 2.78 bits per heavy atom. The fourth-order valence-electron chi connectivity index (χ4n) is 1.17. The van der Waals surface area contributed by atoms with Gasteiger partial charge in [-0.05, 0) is 6.92 Å². The Bertz CT molecular complexity index is 573. The van der Waals surface area contributed by atoms with Crippen molar-refractivity contribution in [3.63, 3.8) is 0 Å². The van der Waals surface area contributed by atoms with Crippen molar-refractivity contribution in [1.82, 2.24) is 25.1 Å². The fraction of sp³-hybridized carbons (Fsp3) is 0.375. The lowest BCUT2D eigenvalue weighted by molar-refractivity contribution is -0.0888. The van der Waals surface area contributed by atoms with E-state index in [1.807, 2.05) is 0 Å². The van der Waals surface area contributed by atoms with Crippen LogP contribution in [0, 0.1) is 6.92 Å². The van der Waals surface area contributed by atoms with E-state index in [-0.39, 0.29) is 12.4 Å². The standard InChI is InChI=1S/C8H6F3N5O2/c1-4-12-6(18-14-4)3-16-2-5(13-15-16)7(17)8(9,10)11/h2H,3H2,1H3. The Morgan fingerprint density at radius 2 is 2.22 bits per heavy atom. The summed E-state index contributed by atoms with van der Waals surface area (Å²) in [5.74, 6) is -1.50. The highest BCUT2D eigenvalue weighted by Gasteiger charge is 2.41. The molecule has 0 spiro atoms. The summed E-state index contributed by atoms with van der Waals surface area (Å²) in [6.07, 6.45) is -4.10. The number of ketones is 1. The molecule has 10 heteroatoms. The number of rotatable bonds is 3. The normalized spacial score (nSPS) is 11.8. The number of hydrogen-bond donors (Lipinski definition) is 0. The second-order valence-electron chi connectivity index (χ2n) is 3.36. The van der Waals surface area contributed by atoms with E-state index >= 15 is 0 Å². The van der Waals surface area contributed by atoms with Gasteiger partial charge in [0.2, 0.25) is 5.89 Å². The summed E-state index contributed by atoms with van der Waals surface area (Å²) in [6, 6.07) is 0. The molecule has 0 radical (unpaired) electrons. The van der Waals surface area contributed by atoms with E-state index in [4.69, 9.17) is 4.52 Å². The van der Waals surface area contributed by atoms with E-state index in [2.05, 4.69) is 20.5 Å². The zero-order chi connectivity index (χ0) is 13.3. The van der Waals surface area contributed by atoms with Crippen LogP contribution in [-0.2, 0) is 6.54 Å². The van der Waals surface area contributed by atoms with Gasteiger partial charge in [0.1, 0.15) is 6.54 Å². The van der Waals surface area contributed by atoms with E-state index in [0.29, 0.717) is 5.82 Å². The molecule has 0 aliphatic rings. The predicted molar refractivity (Wildman–Crippen MR) is 48.5 cm³/mol. The van der Waals surface area contributed by atoms with Crippen LogP contribution in [0.25, 0.3) is 0 Å². The van der Waals surface area contributed by atoms with E-state index < -0.39 is 17.7 Å². The second-order valence-corrected chi connectivity index (χ2v) is 3.36. The number of alkyl halides is 3. The molecule has 0 N–H and O–H groups in total. The molecule has 0 unspecified atom stereocenters. The zero-order valence-corrected chi connectivity index (χ0v) is 8.97. The molecule has 0 saturated heterocycles. The molecule has 2 aromatic rings. The van der Waals surface area contributed by atoms with Gasteiger partial charge >= 0.3 is 6.18 Å². The molecule has 0 atom stereocenters. The van der Waals surface area contributed by atoms with Crippen molar-refractivity contribution in [1.29, 1.82) is 0 Å². The molecule has 7 nitrogen and oxygen atoms in total. The third-order valence-corrected chi connectivity index (χ3v) is 1.90. The lowest BCUT2D eigenvalue weighted by Crippen LogP contribution is -2.23. The first-order valence-corrected chi connectivity index (χ1v) is 4.67. The largest absolute Gasteiger partial charge is 0.456 e. The van der Waals surface area contributed by atoms with Crippen LogP contribution in [0.3, 0.4) is 0 Å². The third kappa shape index (κ3) is 2.52. The van der Waals surface area contributed by atoms with Gasteiger partial charge in [-0.2, -0.15) is 18.2 Å². The average Bonchev–Trinajstić information content (AvgIpc) is 2.86. The Labute approximate surface area is 97.6 Å². The van der Waals surface area contributed by atoms with Crippen molar-refractivity contribution in [3.8, 4) is 0 Å². The van der Waals surface area contributed by atoms with Crippen molar-refractivity contribution in [2.45, 2.75) is 19.6 Å². The Balaban J connectivity index is 2.14. The second kappa shape index (κ2) is 4.20. The molecule has 0 amide bonds. The SMILES string of the molecule is Cc1noc(Cn2cc(C(=O)C(F)(F)F)nn2)n1. The van der Waals surface area contributed by atoms with Crippen LogP contribution >= 0.6 is 0 Å². The first kappa shape index (κ1) is 12.2. The summed E-state index contributed by atoms with van der Waals surface area (Å²) in [5, 5.41) is 10.0. The van der Waals surface area contributed by atoms with Crippen LogP contribution in [0.5, 0.6) is 0 Å². The molecule has 0 bridgehead atoms. The highest BCUT2D eigenvalue weighted by atomic mass is 19.4. The Kier molecular flexibility index (Phi) is 2.85. The predicted octanol–water partition coefficient (Wildman–Crippen LogP) is 0.763. The van der Waals surface area contributed by atoms with Crippen LogP contribution in [0.1, 0.15) is 22.2 Å². The van der Waals surface area contributed by atoms with E-state index in [9.17, 15) is 18.0 Å². The van der Waals surface area contributed by atoms with Crippen LogP contribution in [-0.4, -0.2) is 37.1 Å². The lowest BCUT2D eigenvalue weighted by Gasteiger charge is -1.99. The number of aromatic nitrogens is 5. The summed E-state index contributed by atoms with van der Waals surface area (Å²) in [7, 11) is 0. The summed E-state index contributed by atoms with van der Waals surface area (Å²) in [5.41, 5.74) is -0.779. The number of hydrogen-bond acceptors (Lipinski definition) is 6. The van der Waals surface area contributed by atoms with Gasteiger partial charge in [0.05, 0.1) is 6.20 Å². The average molecular weight is 261 g/mol. The van der Waals surface area contributed by atoms with Gasteiger partial charge in [-0.25, -0.2) is 4.68 Å². The van der Waals surface area contributed by atoms with Crippen molar-refractivity contribution in [2.75, 3.05) is 0 Å². The quantitative estimate of drug-likeness (QED) is 0.758. The summed E-state index contributed by atoms with van der Waals surface area (Å²) < 4.78 is 42.1. The van der Waals surface area contributed by atoms with Gasteiger partial charge < -0.3 is 4.52 Å². The fourth-order valence-corrected chi connectivity index (χ4v) is 1.17.